The largest absolute Gasteiger partial charge is 0.394 e. The normalized spacial score (nSPS) is 19.9. The molecule has 1 aromatic carbocycles. The standard InChI is InChI=1S/C13H17NO4/c15-7-10-1-3-11(4-2-10)13(17)14-5-6-18-9-12(14)8-16/h1-4,12,15-16H,5-9H2. The van der Waals surface area contributed by atoms with Crippen LogP contribution in [-0.2, 0) is 11.3 Å². The van der Waals surface area contributed by atoms with Gasteiger partial charge in [0.15, 0.2) is 0 Å². The smallest absolute Gasteiger partial charge is 0.254 e. The number of ether oxygens (including phenoxy) is 1. The highest BCUT2D eigenvalue weighted by atomic mass is 16.5. The van der Waals surface area contributed by atoms with Crippen molar-refractivity contribution in [3.05, 3.63) is 35.4 Å². The van der Waals surface area contributed by atoms with E-state index in [1.54, 1.807) is 29.2 Å². The van der Waals surface area contributed by atoms with E-state index in [-0.39, 0.29) is 25.2 Å². The molecule has 2 N–H and O–H groups in total. The number of rotatable bonds is 3. The van der Waals surface area contributed by atoms with Gasteiger partial charge in [-0.05, 0) is 17.7 Å². The van der Waals surface area contributed by atoms with Gasteiger partial charge in [-0.2, -0.15) is 0 Å². The molecule has 1 aliphatic rings. The molecule has 1 unspecified atom stereocenters. The molecule has 0 aliphatic carbocycles. The van der Waals surface area contributed by atoms with Gasteiger partial charge in [0, 0.05) is 12.1 Å². The highest BCUT2D eigenvalue weighted by molar-refractivity contribution is 5.94. The topological polar surface area (TPSA) is 70.0 Å². The Morgan fingerprint density at radius 3 is 2.67 bits per heavy atom. The van der Waals surface area contributed by atoms with E-state index in [9.17, 15) is 9.90 Å². The first-order valence-corrected chi connectivity index (χ1v) is 5.95. The number of benzene rings is 1. The minimum atomic E-state index is -0.274. The molecule has 0 bridgehead atoms. The maximum Gasteiger partial charge on any atom is 0.254 e. The molecule has 1 heterocycles. The third kappa shape index (κ3) is 2.69. The summed E-state index contributed by atoms with van der Waals surface area (Å²) in [5, 5.41) is 18.2. The van der Waals surface area contributed by atoms with E-state index >= 15 is 0 Å². The number of amides is 1. The zero-order valence-corrected chi connectivity index (χ0v) is 10.1. The molecule has 1 aliphatic heterocycles. The van der Waals surface area contributed by atoms with E-state index < -0.39 is 0 Å². The molecule has 0 spiro atoms. The Morgan fingerprint density at radius 1 is 1.33 bits per heavy atom. The van der Waals surface area contributed by atoms with Gasteiger partial charge in [-0.25, -0.2) is 0 Å². The average molecular weight is 251 g/mol. The van der Waals surface area contributed by atoms with Crippen LogP contribution < -0.4 is 0 Å². The van der Waals surface area contributed by atoms with Crippen molar-refractivity contribution < 1.29 is 19.7 Å². The highest BCUT2D eigenvalue weighted by Gasteiger charge is 2.27. The lowest BCUT2D eigenvalue weighted by atomic mass is 10.1. The second-order valence-electron chi connectivity index (χ2n) is 4.26. The van der Waals surface area contributed by atoms with Crippen LogP contribution in [0.2, 0.25) is 0 Å². The molecule has 0 aromatic heterocycles. The Balaban J connectivity index is 2.13. The molecular weight excluding hydrogens is 234 g/mol. The van der Waals surface area contributed by atoms with E-state index in [0.29, 0.717) is 25.3 Å². The first-order chi connectivity index (χ1) is 8.76. The summed E-state index contributed by atoms with van der Waals surface area (Å²) in [6.45, 7) is 1.23. The van der Waals surface area contributed by atoms with Gasteiger partial charge >= 0.3 is 0 Å². The SMILES string of the molecule is O=C(c1ccc(CO)cc1)N1CCOCC1CO. The quantitative estimate of drug-likeness (QED) is 0.794. The predicted molar refractivity (Wildman–Crippen MR) is 65.1 cm³/mol. The van der Waals surface area contributed by atoms with Gasteiger partial charge in [0.25, 0.3) is 5.91 Å². The Hall–Kier alpha value is -1.43. The molecular formula is C13H17NO4. The molecule has 1 fully saturated rings. The van der Waals surface area contributed by atoms with Crippen LogP contribution in [0.15, 0.2) is 24.3 Å². The third-order valence-electron chi connectivity index (χ3n) is 3.08. The average Bonchev–Trinajstić information content (AvgIpc) is 2.46. The summed E-state index contributed by atoms with van der Waals surface area (Å²) < 4.78 is 5.24. The third-order valence-corrected chi connectivity index (χ3v) is 3.08. The molecule has 18 heavy (non-hydrogen) atoms. The molecule has 5 heteroatoms. The molecule has 5 nitrogen and oxygen atoms in total. The second kappa shape index (κ2) is 5.95. The first-order valence-electron chi connectivity index (χ1n) is 5.95. The lowest BCUT2D eigenvalue weighted by Crippen LogP contribution is -2.50. The van der Waals surface area contributed by atoms with Crippen molar-refractivity contribution in [3.63, 3.8) is 0 Å². The van der Waals surface area contributed by atoms with E-state index in [0.717, 1.165) is 5.56 Å². The van der Waals surface area contributed by atoms with Gasteiger partial charge in [-0.15, -0.1) is 0 Å². The Bertz CT molecular complexity index is 404. The van der Waals surface area contributed by atoms with Crippen molar-refractivity contribution in [1.82, 2.24) is 4.90 Å². The minimum Gasteiger partial charge on any atom is -0.394 e. The van der Waals surface area contributed by atoms with Crippen LogP contribution in [0.4, 0.5) is 0 Å². The maximum atomic E-state index is 12.3. The zero-order valence-electron chi connectivity index (χ0n) is 10.1. The van der Waals surface area contributed by atoms with Crippen LogP contribution in [0.3, 0.4) is 0 Å². The Kier molecular flexibility index (Phi) is 4.30. The van der Waals surface area contributed by atoms with Crippen LogP contribution in [0.1, 0.15) is 15.9 Å². The lowest BCUT2D eigenvalue weighted by molar-refractivity contribution is -0.0183. The van der Waals surface area contributed by atoms with Gasteiger partial charge in [0.1, 0.15) is 0 Å². The van der Waals surface area contributed by atoms with Crippen LogP contribution in [0.25, 0.3) is 0 Å². The number of hydrogen-bond donors (Lipinski definition) is 2. The summed E-state index contributed by atoms with van der Waals surface area (Å²) in [6.07, 6.45) is 0. The Morgan fingerprint density at radius 2 is 2.06 bits per heavy atom. The van der Waals surface area contributed by atoms with Crippen molar-refractivity contribution in [3.8, 4) is 0 Å². The predicted octanol–water partition coefficient (Wildman–Crippen LogP) is 0.0122. The summed E-state index contributed by atoms with van der Waals surface area (Å²) in [6, 6.07) is 6.56. The summed E-state index contributed by atoms with van der Waals surface area (Å²) in [4.78, 5) is 13.9. The number of carbonyl (C=O) groups is 1. The molecule has 1 amide bonds. The second-order valence-corrected chi connectivity index (χ2v) is 4.26. The van der Waals surface area contributed by atoms with E-state index in [2.05, 4.69) is 0 Å². The molecule has 0 saturated carbocycles. The minimum absolute atomic E-state index is 0.0364. The summed E-state index contributed by atoms with van der Waals surface area (Å²) in [5.74, 6) is -0.109. The van der Waals surface area contributed by atoms with E-state index in [1.807, 2.05) is 0 Å². The fourth-order valence-corrected chi connectivity index (χ4v) is 1.99. The van der Waals surface area contributed by atoms with Crippen molar-refractivity contribution in [2.75, 3.05) is 26.4 Å². The van der Waals surface area contributed by atoms with Crippen LogP contribution in [-0.4, -0.2) is 53.4 Å². The molecule has 1 atom stereocenters. The summed E-state index contributed by atoms with van der Waals surface area (Å²) >= 11 is 0. The summed E-state index contributed by atoms with van der Waals surface area (Å²) in [7, 11) is 0. The fraction of sp³-hybridized carbons (Fsp3) is 0.462. The lowest BCUT2D eigenvalue weighted by Gasteiger charge is -2.34. The maximum absolute atomic E-state index is 12.3. The number of aliphatic hydroxyl groups is 2. The molecule has 0 radical (unpaired) electrons. The van der Waals surface area contributed by atoms with E-state index in [4.69, 9.17) is 9.84 Å². The van der Waals surface area contributed by atoms with Gasteiger partial charge in [0.2, 0.25) is 0 Å². The van der Waals surface area contributed by atoms with Crippen LogP contribution in [0, 0.1) is 0 Å². The van der Waals surface area contributed by atoms with Crippen molar-refractivity contribution in [2.24, 2.45) is 0 Å². The van der Waals surface area contributed by atoms with Crippen LogP contribution in [0.5, 0.6) is 0 Å². The fourth-order valence-electron chi connectivity index (χ4n) is 1.99. The highest BCUT2D eigenvalue weighted by Crippen LogP contribution is 2.13. The monoisotopic (exact) mass is 251 g/mol. The molecule has 1 aromatic rings. The van der Waals surface area contributed by atoms with Gasteiger partial charge < -0.3 is 19.8 Å². The van der Waals surface area contributed by atoms with Gasteiger partial charge in [-0.1, -0.05) is 12.1 Å². The number of carbonyl (C=O) groups excluding carboxylic acids is 1. The zero-order chi connectivity index (χ0) is 13.0. The number of nitrogens with zero attached hydrogens (tertiary/aromatic N) is 1. The summed E-state index contributed by atoms with van der Waals surface area (Å²) in [5.41, 5.74) is 1.33. The van der Waals surface area contributed by atoms with Crippen molar-refractivity contribution >= 4 is 5.91 Å². The molecule has 2 rings (SSSR count). The van der Waals surface area contributed by atoms with Gasteiger partial charge in [0.05, 0.1) is 32.5 Å². The van der Waals surface area contributed by atoms with Gasteiger partial charge in [-0.3, -0.25) is 4.79 Å². The first kappa shape index (κ1) is 13.0. The van der Waals surface area contributed by atoms with Crippen molar-refractivity contribution in [1.29, 1.82) is 0 Å². The van der Waals surface area contributed by atoms with Crippen molar-refractivity contribution in [2.45, 2.75) is 12.6 Å². The van der Waals surface area contributed by atoms with E-state index in [1.165, 1.54) is 0 Å². The molecule has 98 valence electrons. The van der Waals surface area contributed by atoms with Crippen LogP contribution >= 0.6 is 0 Å². The Labute approximate surface area is 106 Å². The molecule has 1 saturated heterocycles. The number of aliphatic hydroxyl groups excluding tert-OH is 2. The number of hydrogen-bond acceptors (Lipinski definition) is 4. The number of morpholine rings is 1.